The first-order valence-electron chi connectivity index (χ1n) is 9.85. The Morgan fingerprint density at radius 2 is 2.00 bits per heavy atom. The lowest BCUT2D eigenvalue weighted by Gasteiger charge is -2.36. The number of rotatable bonds is 8. The maximum Gasteiger partial charge on any atom is 0.194 e. The van der Waals surface area contributed by atoms with Gasteiger partial charge in [0.25, 0.3) is 0 Å². The monoisotopic (exact) mass is 533 g/mol. The molecule has 1 aromatic heterocycles. The van der Waals surface area contributed by atoms with Crippen LogP contribution in [0.15, 0.2) is 46.1 Å². The van der Waals surface area contributed by atoms with E-state index in [-0.39, 0.29) is 42.9 Å². The molecule has 1 unspecified atom stereocenters. The third-order valence-corrected chi connectivity index (χ3v) is 4.59. The minimum Gasteiger partial charge on any atom is -0.491 e. The first kappa shape index (κ1) is 24.4. The van der Waals surface area contributed by atoms with Gasteiger partial charge in [-0.15, -0.1) is 24.0 Å². The molecule has 166 valence electrons. The number of hydrogen-bond acceptors (Lipinski definition) is 6. The second-order valence-electron chi connectivity index (χ2n) is 6.87. The summed E-state index contributed by atoms with van der Waals surface area (Å²) in [4.78, 5) is 9.07. The number of halogens is 2. The van der Waals surface area contributed by atoms with Gasteiger partial charge >= 0.3 is 0 Å². The van der Waals surface area contributed by atoms with Gasteiger partial charge in [-0.3, -0.25) is 9.89 Å². The van der Waals surface area contributed by atoms with E-state index in [0.717, 1.165) is 50.9 Å². The topological polar surface area (TPSA) is 86.4 Å². The predicted octanol–water partition coefficient (Wildman–Crippen LogP) is 1.95. The molecule has 10 heteroatoms. The quantitative estimate of drug-likeness (QED) is 0.305. The van der Waals surface area contributed by atoms with Crippen molar-refractivity contribution in [2.24, 2.45) is 4.99 Å². The number of nitrogens with zero attached hydrogens (tertiary/aromatic N) is 4. The zero-order chi connectivity index (χ0) is 20.5. The predicted molar refractivity (Wildman–Crippen MR) is 123 cm³/mol. The highest BCUT2D eigenvalue weighted by Gasteiger charge is 2.20. The first-order chi connectivity index (χ1) is 14.1. The summed E-state index contributed by atoms with van der Waals surface area (Å²) in [7, 11) is 0. The van der Waals surface area contributed by atoms with Gasteiger partial charge in [0.15, 0.2) is 5.96 Å². The molecule has 0 radical (unpaired) electrons. The number of hydrogen-bond donors (Lipinski definition) is 2. The minimum atomic E-state index is -0.748. The van der Waals surface area contributed by atoms with Crippen molar-refractivity contribution >= 4 is 29.9 Å². The van der Waals surface area contributed by atoms with Crippen LogP contribution in [0.5, 0.6) is 5.75 Å². The summed E-state index contributed by atoms with van der Waals surface area (Å²) in [6, 6.07) is 7.60. The number of guanidine groups is 1. The van der Waals surface area contributed by atoms with E-state index in [2.05, 4.69) is 25.3 Å². The molecule has 1 fully saturated rings. The number of aliphatic hydroxyl groups excluding tert-OH is 1. The SMILES string of the molecule is CCNC(=NCC(O)COc1ccc(F)cc1)N1CCN(Cc2ccon2)CC1.I. The van der Waals surface area contributed by atoms with Gasteiger partial charge in [-0.25, -0.2) is 4.39 Å². The largest absolute Gasteiger partial charge is 0.491 e. The van der Waals surface area contributed by atoms with Crippen LogP contribution in [0, 0.1) is 5.82 Å². The smallest absolute Gasteiger partial charge is 0.194 e. The molecule has 3 rings (SSSR count). The number of aliphatic hydroxyl groups is 1. The minimum absolute atomic E-state index is 0. The lowest BCUT2D eigenvalue weighted by molar-refractivity contribution is 0.113. The summed E-state index contributed by atoms with van der Waals surface area (Å²) in [6.45, 7) is 7.34. The van der Waals surface area contributed by atoms with Gasteiger partial charge in [0.1, 0.15) is 30.5 Å². The van der Waals surface area contributed by atoms with E-state index in [1.54, 1.807) is 6.26 Å². The molecule has 1 aliphatic heterocycles. The second-order valence-corrected chi connectivity index (χ2v) is 6.87. The lowest BCUT2D eigenvalue weighted by atomic mass is 10.3. The molecule has 30 heavy (non-hydrogen) atoms. The fraction of sp³-hybridized carbons (Fsp3) is 0.500. The Kier molecular flexibility index (Phi) is 10.3. The van der Waals surface area contributed by atoms with Crippen LogP contribution in [-0.2, 0) is 6.54 Å². The Morgan fingerprint density at radius 1 is 1.27 bits per heavy atom. The molecule has 2 N–H and O–H groups in total. The van der Waals surface area contributed by atoms with E-state index in [9.17, 15) is 9.50 Å². The van der Waals surface area contributed by atoms with Crippen LogP contribution < -0.4 is 10.1 Å². The van der Waals surface area contributed by atoms with Gasteiger partial charge in [0, 0.05) is 45.3 Å². The Balaban J connectivity index is 0.00000320. The summed E-state index contributed by atoms with van der Waals surface area (Å²) >= 11 is 0. The van der Waals surface area contributed by atoms with Gasteiger partial charge in [-0.05, 0) is 31.2 Å². The number of ether oxygens (including phenoxy) is 1. The van der Waals surface area contributed by atoms with E-state index >= 15 is 0 Å². The Hall–Kier alpha value is -1.92. The average molecular weight is 533 g/mol. The molecule has 0 bridgehead atoms. The van der Waals surface area contributed by atoms with Gasteiger partial charge < -0.3 is 24.6 Å². The summed E-state index contributed by atoms with van der Waals surface area (Å²) in [5.74, 6) is 0.984. The van der Waals surface area contributed by atoms with Gasteiger partial charge in [-0.1, -0.05) is 5.16 Å². The van der Waals surface area contributed by atoms with Crippen LogP contribution in [0.4, 0.5) is 4.39 Å². The molecule has 1 aromatic carbocycles. The first-order valence-corrected chi connectivity index (χ1v) is 9.85. The summed E-state index contributed by atoms with van der Waals surface area (Å²) < 4.78 is 23.3. The number of benzene rings is 1. The maximum atomic E-state index is 12.9. The van der Waals surface area contributed by atoms with Gasteiger partial charge in [0.05, 0.1) is 12.2 Å². The molecule has 1 saturated heterocycles. The molecule has 8 nitrogen and oxygen atoms in total. The molecule has 1 atom stereocenters. The second kappa shape index (κ2) is 12.7. The molecular formula is C20H29FIN5O3. The Morgan fingerprint density at radius 3 is 2.63 bits per heavy atom. The van der Waals surface area contributed by atoms with Crippen molar-refractivity contribution in [1.29, 1.82) is 0 Å². The average Bonchev–Trinajstić information content (AvgIpc) is 3.24. The molecule has 2 heterocycles. The zero-order valence-electron chi connectivity index (χ0n) is 17.0. The fourth-order valence-electron chi connectivity index (χ4n) is 3.06. The van der Waals surface area contributed by atoms with Crippen molar-refractivity contribution < 1.29 is 18.8 Å². The standard InChI is InChI=1S/C20H28FN5O3.HI/c1-2-22-20(23-13-18(27)15-28-19-5-3-16(21)4-6-19)26-10-8-25(9-11-26)14-17-7-12-29-24-17;/h3-7,12,18,27H,2,8-11,13-15H2,1H3,(H,22,23);1H. The van der Waals surface area contributed by atoms with E-state index in [1.807, 2.05) is 13.0 Å². The highest BCUT2D eigenvalue weighted by atomic mass is 127. The van der Waals surface area contributed by atoms with Crippen LogP contribution in [-0.4, -0.2) is 78.0 Å². The van der Waals surface area contributed by atoms with Crippen LogP contribution in [0.1, 0.15) is 12.6 Å². The summed E-state index contributed by atoms with van der Waals surface area (Å²) in [5.41, 5.74) is 0.934. The number of aromatic nitrogens is 1. The van der Waals surface area contributed by atoms with Crippen LogP contribution in [0.3, 0.4) is 0 Å². The van der Waals surface area contributed by atoms with Crippen molar-refractivity contribution in [3.8, 4) is 5.75 Å². The molecule has 0 saturated carbocycles. The number of aliphatic imine (C=N–C) groups is 1. The Labute approximate surface area is 193 Å². The lowest BCUT2D eigenvalue weighted by Crippen LogP contribution is -2.52. The van der Waals surface area contributed by atoms with Crippen molar-refractivity contribution in [2.45, 2.75) is 19.6 Å². The number of nitrogens with one attached hydrogen (secondary N) is 1. The highest BCUT2D eigenvalue weighted by Crippen LogP contribution is 2.11. The summed E-state index contributed by atoms with van der Waals surface area (Å²) in [6.07, 6.45) is 0.842. The van der Waals surface area contributed by atoms with E-state index in [4.69, 9.17) is 9.26 Å². The molecular weight excluding hydrogens is 504 g/mol. The normalized spacial score (nSPS) is 16.1. The molecule has 0 aliphatic carbocycles. The summed E-state index contributed by atoms with van der Waals surface area (Å²) in [5, 5.41) is 17.4. The zero-order valence-corrected chi connectivity index (χ0v) is 19.4. The van der Waals surface area contributed by atoms with Crippen LogP contribution in [0.2, 0.25) is 0 Å². The maximum absolute atomic E-state index is 12.9. The third kappa shape index (κ3) is 7.73. The van der Waals surface area contributed by atoms with E-state index < -0.39 is 6.10 Å². The van der Waals surface area contributed by atoms with Crippen molar-refractivity contribution in [3.05, 3.63) is 48.1 Å². The van der Waals surface area contributed by atoms with Crippen molar-refractivity contribution in [3.63, 3.8) is 0 Å². The van der Waals surface area contributed by atoms with Gasteiger partial charge in [0.2, 0.25) is 0 Å². The van der Waals surface area contributed by atoms with E-state index in [0.29, 0.717) is 5.75 Å². The van der Waals surface area contributed by atoms with Gasteiger partial charge in [-0.2, -0.15) is 0 Å². The fourth-order valence-corrected chi connectivity index (χ4v) is 3.06. The molecule has 2 aromatic rings. The van der Waals surface area contributed by atoms with Crippen LogP contribution in [0.25, 0.3) is 0 Å². The van der Waals surface area contributed by atoms with Crippen molar-refractivity contribution in [2.75, 3.05) is 45.9 Å². The van der Waals surface area contributed by atoms with Crippen molar-refractivity contribution in [1.82, 2.24) is 20.3 Å². The van der Waals surface area contributed by atoms with E-state index in [1.165, 1.54) is 24.3 Å². The third-order valence-electron chi connectivity index (χ3n) is 4.59. The number of piperazine rings is 1. The molecule has 0 spiro atoms. The van der Waals surface area contributed by atoms with Crippen LogP contribution >= 0.6 is 24.0 Å². The molecule has 1 aliphatic rings. The Bertz CT molecular complexity index is 752. The highest BCUT2D eigenvalue weighted by molar-refractivity contribution is 14.0. The molecule has 0 amide bonds.